The van der Waals surface area contributed by atoms with E-state index < -0.39 is 11.6 Å². The van der Waals surface area contributed by atoms with E-state index in [1.54, 1.807) is 13.0 Å². The van der Waals surface area contributed by atoms with Gasteiger partial charge in [0.1, 0.15) is 0 Å². The monoisotopic (exact) mass is 156 g/mol. The van der Waals surface area contributed by atoms with Crippen molar-refractivity contribution in [3.8, 4) is 0 Å². The van der Waals surface area contributed by atoms with Gasteiger partial charge in [0.05, 0.1) is 0 Å². The molecule has 0 saturated heterocycles. The van der Waals surface area contributed by atoms with E-state index >= 15 is 0 Å². The Bertz CT molecular complexity index is 242. The highest BCUT2D eigenvalue weighted by molar-refractivity contribution is 5.80. The first-order valence-electron chi connectivity index (χ1n) is 3.33. The number of hydrogen-bond donors (Lipinski definition) is 1. The Hall–Kier alpha value is -1.12. The second kappa shape index (κ2) is 2.49. The number of carboxylic acid groups (broad SMARTS) is 1. The minimum absolute atomic E-state index is 0.0648. The van der Waals surface area contributed by atoms with Crippen molar-refractivity contribution >= 4 is 5.97 Å². The Morgan fingerprint density at radius 2 is 2.45 bits per heavy atom. The summed E-state index contributed by atoms with van der Waals surface area (Å²) in [6, 6.07) is 0. The van der Waals surface area contributed by atoms with Crippen molar-refractivity contribution in [2.45, 2.75) is 19.0 Å². The summed E-state index contributed by atoms with van der Waals surface area (Å²) < 4.78 is 13.1. The van der Waals surface area contributed by atoms with Gasteiger partial charge in [0.15, 0.2) is 0 Å². The van der Waals surface area contributed by atoms with Crippen molar-refractivity contribution < 1.29 is 14.3 Å². The molecule has 1 aliphatic rings. The number of hydrogen-bond acceptors (Lipinski definition) is 1. The van der Waals surface area contributed by atoms with Crippen LogP contribution in [0.2, 0.25) is 0 Å². The van der Waals surface area contributed by atoms with Crippen LogP contribution in [0.3, 0.4) is 0 Å². The molecule has 0 aromatic heterocycles. The zero-order valence-corrected chi connectivity index (χ0v) is 6.17. The molecule has 0 amide bonds. The molecule has 1 unspecified atom stereocenters. The fourth-order valence-corrected chi connectivity index (χ4v) is 0.868. The SMILES string of the molecule is CC1=CCC(F)(C(=O)O)C=C1. The Balaban J connectivity index is 2.82. The summed E-state index contributed by atoms with van der Waals surface area (Å²) in [5.74, 6) is -1.42. The quantitative estimate of drug-likeness (QED) is 0.627. The maximum absolute atomic E-state index is 13.1. The minimum atomic E-state index is -2.18. The topological polar surface area (TPSA) is 37.3 Å². The van der Waals surface area contributed by atoms with Crippen molar-refractivity contribution in [3.63, 3.8) is 0 Å². The maximum atomic E-state index is 13.1. The van der Waals surface area contributed by atoms with Crippen LogP contribution in [0.5, 0.6) is 0 Å². The van der Waals surface area contributed by atoms with E-state index in [2.05, 4.69) is 0 Å². The number of carbonyl (C=O) groups is 1. The molecular weight excluding hydrogens is 147 g/mol. The third kappa shape index (κ3) is 1.48. The number of alkyl halides is 1. The fraction of sp³-hybridized carbons (Fsp3) is 0.375. The Labute approximate surface area is 64.0 Å². The van der Waals surface area contributed by atoms with Gasteiger partial charge in [-0.25, -0.2) is 9.18 Å². The van der Waals surface area contributed by atoms with Gasteiger partial charge in [0.25, 0.3) is 0 Å². The molecule has 0 aromatic rings. The van der Waals surface area contributed by atoms with Gasteiger partial charge >= 0.3 is 5.97 Å². The lowest BCUT2D eigenvalue weighted by Gasteiger charge is -2.17. The van der Waals surface area contributed by atoms with Crippen LogP contribution in [0.15, 0.2) is 23.8 Å². The van der Waals surface area contributed by atoms with Gasteiger partial charge in [0.2, 0.25) is 5.67 Å². The molecule has 1 atom stereocenters. The lowest BCUT2D eigenvalue weighted by Crippen LogP contribution is -2.31. The standard InChI is InChI=1S/C8H9FO2/c1-6-2-4-8(9,5-3-6)7(10)11/h2-4H,5H2,1H3,(H,10,11). The molecule has 1 N–H and O–H groups in total. The summed E-state index contributed by atoms with van der Waals surface area (Å²) in [7, 11) is 0. The van der Waals surface area contributed by atoms with Gasteiger partial charge in [-0.05, 0) is 13.0 Å². The highest BCUT2D eigenvalue weighted by atomic mass is 19.1. The Kier molecular flexibility index (Phi) is 1.81. The minimum Gasteiger partial charge on any atom is -0.479 e. The summed E-state index contributed by atoms with van der Waals surface area (Å²) in [5, 5.41) is 8.43. The van der Waals surface area contributed by atoms with Crippen molar-refractivity contribution in [3.05, 3.63) is 23.8 Å². The summed E-state index contributed by atoms with van der Waals surface area (Å²) in [6.45, 7) is 1.80. The van der Waals surface area contributed by atoms with Gasteiger partial charge < -0.3 is 5.11 Å². The smallest absolute Gasteiger partial charge is 0.345 e. The Morgan fingerprint density at radius 3 is 2.82 bits per heavy atom. The van der Waals surface area contributed by atoms with E-state index in [0.717, 1.165) is 11.6 Å². The van der Waals surface area contributed by atoms with E-state index in [-0.39, 0.29) is 6.42 Å². The van der Waals surface area contributed by atoms with Crippen LogP contribution in [-0.4, -0.2) is 16.7 Å². The van der Waals surface area contributed by atoms with Gasteiger partial charge in [-0.3, -0.25) is 0 Å². The van der Waals surface area contributed by atoms with Crippen molar-refractivity contribution in [2.24, 2.45) is 0 Å². The van der Waals surface area contributed by atoms with Gasteiger partial charge in [-0.1, -0.05) is 17.7 Å². The van der Waals surface area contributed by atoms with Crippen molar-refractivity contribution in [1.29, 1.82) is 0 Å². The number of halogens is 1. The van der Waals surface area contributed by atoms with Gasteiger partial charge in [-0.2, -0.15) is 0 Å². The Morgan fingerprint density at radius 1 is 1.82 bits per heavy atom. The van der Waals surface area contributed by atoms with Gasteiger partial charge in [0, 0.05) is 6.42 Å². The van der Waals surface area contributed by atoms with Crippen LogP contribution in [0.1, 0.15) is 13.3 Å². The largest absolute Gasteiger partial charge is 0.479 e. The third-order valence-corrected chi connectivity index (χ3v) is 1.69. The highest BCUT2D eigenvalue weighted by Crippen LogP contribution is 2.24. The average Bonchev–Trinajstić information content (AvgIpc) is 1.95. The van der Waals surface area contributed by atoms with Crippen LogP contribution < -0.4 is 0 Å². The summed E-state index contributed by atoms with van der Waals surface area (Å²) in [4.78, 5) is 10.3. The van der Waals surface area contributed by atoms with Crippen LogP contribution in [-0.2, 0) is 4.79 Å². The number of allylic oxidation sites excluding steroid dienone is 3. The van der Waals surface area contributed by atoms with E-state index in [0.29, 0.717) is 0 Å². The molecule has 11 heavy (non-hydrogen) atoms. The molecule has 0 radical (unpaired) electrons. The normalized spacial score (nSPS) is 29.8. The molecule has 0 aliphatic heterocycles. The molecule has 0 heterocycles. The molecule has 1 aliphatic carbocycles. The first-order chi connectivity index (χ1) is 5.04. The predicted octanol–water partition coefficient (Wildman–Crippen LogP) is 1.69. The summed E-state index contributed by atoms with van der Waals surface area (Å²) in [6.07, 6.45) is 4.08. The number of aliphatic carboxylic acids is 1. The first-order valence-corrected chi connectivity index (χ1v) is 3.33. The summed E-state index contributed by atoms with van der Waals surface area (Å²) >= 11 is 0. The van der Waals surface area contributed by atoms with Gasteiger partial charge in [-0.15, -0.1) is 0 Å². The van der Waals surface area contributed by atoms with Crippen LogP contribution >= 0.6 is 0 Å². The number of carboxylic acids is 1. The van der Waals surface area contributed by atoms with Crippen LogP contribution in [0, 0.1) is 0 Å². The summed E-state index contributed by atoms with van der Waals surface area (Å²) in [5.41, 5.74) is -1.28. The average molecular weight is 156 g/mol. The van der Waals surface area contributed by atoms with E-state index in [1.807, 2.05) is 0 Å². The molecule has 0 bridgehead atoms. The molecule has 60 valence electrons. The zero-order valence-electron chi connectivity index (χ0n) is 6.17. The molecule has 0 saturated carbocycles. The van der Waals surface area contributed by atoms with E-state index in [9.17, 15) is 9.18 Å². The van der Waals surface area contributed by atoms with E-state index in [1.165, 1.54) is 6.08 Å². The third-order valence-electron chi connectivity index (χ3n) is 1.69. The van der Waals surface area contributed by atoms with Crippen molar-refractivity contribution in [1.82, 2.24) is 0 Å². The fourth-order valence-electron chi connectivity index (χ4n) is 0.868. The first kappa shape index (κ1) is 7.98. The molecule has 0 fully saturated rings. The second-order valence-corrected chi connectivity index (χ2v) is 2.65. The highest BCUT2D eigenvalue weighted by Gasteiger charge is 2.35. The van der Waals surface area contributed by atoms with Crippen LogP contribution in [0.25, 0.3) is 0 Å². The molecule has 0 spiro atoms. The predicted molar refractivity (Wildman–Crippen MR) is 39.0 cm³/mol. The maximum Gasteiger partial charge on any atom is 0.345 e. The zero-order chi connectivity index (χ0) is 8.48. The molecular formula is C8H9FO2. The molecule has 2 nitrogen and oxygen atoms in total. The molecule has 0 aromatic carbocycles. The lowest BCUT2D eigenvalue weighted by atomic mass is 9.95. The van der Waals surface area contributed by atoms with E-state index in [4.69, 9.17) is 5.11 Å². The molecule has 3 heteroatoms. The second-order valence-electron chi connectivity index (χ2n) is 2.65. The van der Waals surface area contributed by atoms with Crippen LogP contribution in [0.4, 0.5) is 4.39 Å². The number of rotatable bonds is 1. The molecule has 1 rings (SSSR count). The lowest BCUT2D eigenvalue weighted by molar-refractivity contribution is -0.147. The van der Waals surface area contributed by atoms with Crippen molar-refractivity contribution in [2.75, 3.05) is 0 Å².